The summed E-state index contributed by atoms with van der Waals surface area (Å²) >= 11 is 3.34. The lowest BCUT2D eigenvalue weighted by molar-refractivity contribution is -0.116. The number of hydrogen-bond acceptors (Lipinski definition) is 6. The quantitative estimate of drug-likeness (QED) is 0.506. The molecule has 0 bridgehead atoms. The van der Waals surface area contributed by atoms with E-state index in [0.717, 1.165) is 30.0 Å². The van der Waals surface area contributed by atoms with Crippen LogP contribution in [0.15, 0.2) is 0 Å². The summed E-state index contributed by atoms with van der Waals surface area (Å²) in [6.45, 7) is 4.11. The maximum Gasteiger partial charge on any atom is 0.315 e. The topological polar surface area (TPSA) is 96.0 Å². The molecule has 2 aliphatic heterocycles. The third-order valence-electron chi connectivity index (χ3n) is 4.26. The van der Waals surface area contributed by atoms with E-state index in [1.807, 2.05) is 11.8 Å². The second-order valence-corrected chi connectivity index (χ2v) is 8.80. The first-order valence-electron chi connectivity index (χ1n) is 8.35. The number of unbranched alkanes of at least 4 members (excludes halogenated alkanes) is 1. The molecule has 3 N–H and O–H groups in total. The SMILES string of the molecule is CC(C)c1nnc(NC(=O)CCCC[C@@H]2SC[C@@H]3NC(=O)N[C@@H]32)s1. The second-order valence-electron chi connectivity index (χ2n) is 6.52. The summed E-state index contributed by atoms with van der Waals surface area (Å²) < 4.78 is 0. The molecule has 132 valence electrons. The largest absolute Gasteiger partial charge is 0.332 e. The van der Waals surface area contributed by atoms with Crippen LogP contribution in [0.2, 0.25) is 0 Å². The number of hydrogen-bond donors (Lipinski definition) is 3. The smallest absolute Gasteiger partial charge is 0.315 e. The molecule has 0 aromatic carbocycles. The second kappa shape index (κ2) is 7.69. The van der Waals surface area contributed by atoms with E-state index in [0.29, 0.717) is 22.7 Å². The van der Waals surface area contributed by atoms with Gasteiger partial charge in [0.1, 0.15) is 5.01 Å². The van der Waals surface area contributed by atoms with E-state index < -0.39 is 0 Å². The molecule has 1 aromatic heterocycles. The van der Waals surface area contributed by atoms with Crippen LogP contribution in [0, 0.1) is 0 Å². The van der Waals surface area contributed by atoms with Crippen LogP contribution in [0.4, 0.5) is 9.93 Å². The van der Waals surface area contributed by atoms with E-state index in [-0.39, 0.29) is 24.0 Å². The highest BCUT2D eigenvalue weighted by Gasteiger charge is 2.42. The Morgan fingerprint density at radius 1 is 1.33 bits per heavy atom. The predicted molar refractivity (Wildman–Crippen MR) is 96.6 cm³/mol. The number of nitrogens with zero attached hydrogens (tertiary/aromatic N) is 2. The minimum atomic E-state index is -0.0486. The number of rotatable bonds is 7. The Hall–Kier alpha value is -1.35. The normalized spacial score (nSPS) is 25.5. The van der Waals surface area contributed by atoms with Crippen molar-refractivity contribution in [1.29, 1.82) is 0 Å². The Bertz CT molecular complexity index is 606. The molecule has 0 aliphatic carbocycles. The van der Waals surface area contributed by atoms with Gasteiger partial charge in [-0.15, -0.1) is 10.2 Å². The van der Waals surface area contributed by atoms with Crippen molar-refractivity contribution in [3.8, 4) is 0 Å². The van der Waals surface area contributed by atoms with Crippen LogP contribution >= 0.6 is 23.1 Å². The first kappa shape index (κ1) is 17.5. The Morgan fingerprint density at radius 3 is 2.92 bits per heavy atom. The van der Waals surface area contributed by atoms with Gasteiger partial charge in [-0.3, -0.25) is 4.79 Å². The fraction of sp³-hybridized carbons (Fsp3) is 0.733. The molecule has 0 saturated carbocycles. The number of nitrogens with one attached hydrogen (secondary N) is 3. The lowest BCUT2D eigenvalue weighted by atomic mass is 10.0. The molecule has 7 nitrogen and oxygen atoms in total. The number of urea groups is 1. The minimum absolute atomic E-state index is 0.00533. The third kappa shape index (κ3) is 4.18. The summed E-state index contributed by atoms with van der Waals surface area (Å²) in [5, 5.41) is 18.8. The lowest BCUT2D eigenvalue weighted by Gasteiger charge is -2.16. The van der Waals surface area contributed by atoms with Gasteiger partial charge in [0.15, 0.2) is 0 Å². The standard InChI is InChI=1S/C15H23N5O2S2/c1-8(2)13-19-20-15(24-13)17-11(21)6-4-3-5-10-12-9(7-23-10)16-14(22)18-12/h8-10,12H,3-7H2,1-2H3,(H2,16,18,22)(H,17,20,21)/t9-,10-,12-/m0/s1. The van der Waals surface area contributed by atoms with E-state index in [2.05, 4.69) is 40.0 Å². The molecule has 2 saturated heterocycles. The summed E-state index contributed by atoms with van der Waals surface area (Å²) in [5.41, 5.74) is 0. The monoisotopic (exact) mass is 369 g/mol. The van der Waals surface area contributed by atoms with E-state index in [1.165, 1.54) is 11.3 Å². The minimum Gasteiger partial charge on any atom is -0.332 e. The number of carbonyl (C=O) groups excluding carboxylic acids is 2. The molecule has 0 radical (unpaired) electrons. The number of fused-ring (bicyclic) bond motifs is 1. The maximum absolute atomic E-state index is 12.0. The molecule has 2 aliphatic rings. The molecule has 9 heteroatoms. The molecular formula is C15H23N5O2S2. The molecule has 3 heterocycles. The summed E-state index contributed by atoms with van der Waals surface area (Å²) in [6, 6.07) is 0.461. The van der Waals surface area contributed by atoms with Crippen LogP contribution < -0.4 is 16.0 Å². The van der Waals surface area contributed by atoms with Crippen LogP contribution in [0.25, 0.3) is 0 Å². The summed E-state index contributed by atoms with van der Waals surface area (Å²) in [7, 11) is 0. The van der Waals surface area contributed by atoms with Crippen molar-refractivity contribution < 1.29 is 9.59 Å². The van der Waals surface area contributed by atoms with E-state index in [4.69, 9.17) is 0 Å². The van der Waals surface area contributed by atoms with Crippen molar-refractivity contribution in [2.45, 2.75) is 62.8 Å². The van der Waals surface area contributed by atoms with Crippen molar-refractivity contribution in [3.63, 3.8) is 0 Å². The molecule has 0 unspecified atom stereocenters. The fourth-order valence-corrected chi connectivity index (χ4v) is 5.28. The average Bonchev–Trinajstić information content (AvgIpc) is 3.20. The molecule has 2 fully saturated rings. The van der Waals surface area contributed by atoms with Gasteiger partial charge in [0, 0.05) is 23.3 Å². The number of anilines is 1. The van der Waals surface area contributed by atoms with Crippen LogP contribution in [-0.4, -0.2) is 45.2 Å². The molecule has 0 spiro atoms. The van der Waals surface area contributed by atoms with Crippen LogP contribution in [0.5, 0.6) is 0 Å². The van der Waals surface area contributed by atoms with Gasteiger partial charge in [-0.25, -0.2) is 4.79 Å². The molecule has 24 heavy (non-hydrogen) atoms. The summed E-state index contributed by atoms with van der Waals surface area (Å²) in [4.78, 5) is 23.3. The van der Waals surface area contributed by atoms with Crippen molar-refractivity contribution in [1.82, 2.24) is 20.8 Å². The van der Waals surface area contributed by atoms with Crippen molar-refractivity contribution >= 4 is 40.2 Å². The highest BCUT2D eigenvalue weighted by molar-refractivity contribution is 8.00. The molecule has 3 amide bonds. The van der Waals surface area contributed by atoms with Gasteiger partial charge in [0.25, 0.3) is 0 Å². The highest BCUT2D eigenvalue weighted by atomic mass is 32.2. The van der Waals surface area contributed by atoms with Gasteiger partial charge in [-0.05, 0) is 12.8 Å². The zero-order valence-corrected chi connectivity index (χ0v) is 15.5. The Labute approximate surface area is 149 Å². The summed E-state index contributed by atoms with van der Waals surface area (Å²) in [5.74, 6) is 1.30. The third-order valence-corrected chi connectivity index (χ3v) is 6.91. The zero-order chi connectivity index (χ0) is 17.1. The van der Waals surface area contributed by atoms with Crippen molar-refractivity contribution in [3.05, 3.63) is 5.01 Å². The highest BCUT2D eigenvalue weighted by Crippen LogP contribution is 2.33. The zero-order valence-electron chi connectivity index (χ0n) is 13.9. The van der Waals surface area contributed by atoms with E-state index >= 15 is 0 Å². The van der Waals surface area contributed by atoms with Gasteiger partial charge < -0.3 is 16.0 Å². The predicted octanol–water partition coefficient (Wildman–Crippen LogP) is 2.33. The molecule has 3 rings (SSSR count). The molecular weight excluding hydrogens is 346 g/mol. The van der Waals surface area contributed by atoms with E-state index in [1.54, 1.807) is 0 Å². The van der Waals surface area contributed by atoms with Crippen molar-refractivity contribution in [2.24, 2.45) is 0 Å². The van der Waals surface area contributed by atoms with Gasteiger partial charge in [-0.1, -0.05) is 31.6 Å². The Morgan fingerprint density at radius 2 is 2.17 bits per heavy atom. The Kier molecular flexibility index (Phi) is 5.60. The van der Waals surface area contributed by atoms with Gasteiger partial charge in [0.2, 0.25) is 11.0 Å². The summed E-state index contributed by atoms with van der Waals surface area (Å²) in [6.07, 6.45) is 3.35. The average molecular weight is 370 g/mol. The van der Waals surface area contributed by atoms with Crippen LogP contribution in [0.3, 0.4) is 0 Å². The number of aromatic nitrogens is 2. The number of thioether (sulfide) groups is 1. The maximum atomic E-state index is 12.0. The fourth-order valence-electron chi connectivity index (χ4n) is 2.97. The lowest BCUT2D eigenvalue weighted by Crippen LogP contribution is -2.36. The van der Waals surface area contributed by atoms with Gasteiger partial charge in [0.05, 0.1) is 12.1 Å². The van der Waals surface area contributed by atoms with E-state index in [9.17, 15) is 9.59 Å². The number of amides is 3. The molecule has 1 aromatic rings. The first-order valence-corrected chi connectivity index (χ1v) is 10.2. The Balaban J connectivity index is 1.34. The first-order chi connectivity index (χ1) is 11.5. The van der Waals surface area contributed by atoms with Gasteiger partial charge >= 0.3 is 6.03 Å². The van der Waals surface area contributed by atoms with Crippen molar-refractivity contribution in [2.75, 3.05) is 11.1 Å². The van der Waals surface area contributed by atoms with Crippen LogP contribution in [0.1, 0.15) is 50.5 Å². The number of carbonyl (C=O) groups is 2. The van der Waals surface area contributed by atoms with Gasteiger partial charge in [-0.2, -0.15) is 11.8 Å². The molecule has 3 atom stereocenters. The van der Waals surface area contributed by atoms with Crippen LogP contribution in [-0.2, 0) is 4.79 Å².